The van der Waals surface area contributed by atoms with E-state index in [2.05, 4.69) is 16.5 Å². The third-order valence-corrected chi connectivity index (χ3v) is 2.76. The highest BCUT2D eigenvalue weighted by molar-refractivity contribution is 5.17. The zero-order valence-corrected chi connectivity index (χ0v) is 11.1. The van der Waals surface area contributed by atoms with Crippen molar-refractivity contribution in [3.8, 4) is 5.88 Å². The molecule has 19 heavy (non-hydrogen) atoms. The maximum atomic E-state index is 5.37. The number of rotatable bonds is 7. The van der Waals surface area contributed by atoms with E-state index in [1.807, 2.05) is 36.5 Å². The number of methoxy groups -OCH3 is 1. The fourth-order valence-corrected chi connectivity index (χ4v) is 1.87. The normalized spacial score (nSPS) is 10.6. The lowest BCUT2D eigenvalue weighted by atomic mass is 10.2. The van der Waals surface area contributed by atoms with Crippen LogP contribution in [0.2, 0.25) is 0 Å². The molecule has 0 amide bonds. The van der Waals surface area contributed by atoms with E-state index in [4.69, 9.17) is 9.15 Å². The Balaban J connectivity index is 2.00. The number of furan rings is 1. The van der Waals surface area contributed by atoms with Crippen molar-refractivity contribution < 1.29 is 9.15 Å². The van der Waals surface area contributed by atoms with Gasteiger partial charge in [0, 0.05) is 25.4 Å². The van der Waals surface area contributed by atoms with Crippen LogP contribution in [-0.2, 0) is 13.1 Å². The Hall–Kier alpha value is -2.07. The summed E-state index contributed by atoms with van der Waals surface area (Å²) in [4.78, 5) is 6.44. The lowest BCUT2D eigenvalue weighted by Crippen LogP contribution is -2.22. The lowest BCUT2D eigenvalue weighted by molar-refractivity contribution is 0.260. The number of aromatic nitrogens is 1. The summed E-state index contributed by atoms with van der Waals surface area (Å²) in [6.07, 6.45) is 5.41. The maximum Gasteiger partial charge on any atom is 0.212 e. The van der Waals surface area contributed by atoms with Gasteiger partial charge in [-0.25, -0.2) is 4.98 Å². The van der Waals surface area contributed by atoms with Gasteiger partial charge in [0.1, 0.15) is 5.76 Å². The van der Waals surface area contributed by atoms with E-state index in [0.29, 0.717) is 5.88 Å². The average molecular weight is 258 g/mol. The van der Waals surface area contributed by atoms with Crippen LogP contribution in [0.25, 0.3) is 0 Å². The van der Waals surface area contributed by atoms with Crippen molar-refractivity contribution in [1.82, 2.24) is 9.88 Å². The van der Waals surface area contributed by atoms with Gasteiger partial charge in [-0.1, -0.05) is 12.1 Å². The van der Waals surface area contributed by atoms with Gasteiger partial charge >= 0.3 is 0 Å². The van der Waals surface area contributed by atoms with E-state index in [9.17, 15) is 0 Å². The summed E-state index contributed by atoms with van der Waals surface area (Å²) in [5.41, 5.74) is 1.13. The van der Waals surface area contributed by atoms with Crippen molar-refractivity contribution in [1.29, 1.82) is 0 Å². The molecule has 2 heterocycles. The summed E-state index contributed by atoms with van der Waals surface area (Å²) >= 11 is 0. The van der Waals surface area contributed by atoms with Crippen LogP contribution >= 0.6 is 0 Å². The second kappa shape index (κ2) is 6.75. The molecule has 4 heteroatoms. The lowest BCUT2D eigenvalue weighted by Gasteiger charge is -2.19. The molecule has 0 aliphatic rings. The summed E-state index contributed by atoms with van der Waals surface area (Å²) < 4.78 is 10.4. The van der Waals surface area contributed by atoms with E-state index in [0.717, 1.165) is 31.0 Å². The third-order valence-electron chi connectivity index (χ3n) is 2.76. The first kappa shape index (κ1) is 13.4. The summed E-state index contributed by atoms with van der Waals surface area (Å²) in [5, 5.41) is 0. The Bertz CT molecular complexity index is 491. The first-order chi connectivity index (χ1) is 9.31. The molecular weight excluding hydrogens is 240 g/mol. The Morgan fingerprint density at radius 1 is 1.37 bits per heavy atom. The zero-order valence-electron chi connectivity index (χ0n) is 11.1. The molecule has 0 radical (unpaired) electrons. The Morgan fingerprint density at radius 3 is 2.84 bits per heavy atom. The Kier molecular flexibility index (Phi) is 4.75. The average Bonchev–Trinajstić information content (AvgIpc) is 2.93. The molecular formula is C15H18N2O2. The van der Waals surface area contributed by atoms with Crippen molar-refractivity contribution in [2.75, 3.05) is 13.7 Å². The summed E-state index contributed by atoms with van der Waals surface area (Å²) in [6.45, 7) is 6.14. The van der Waals surface area contributed by atoms with Gasteiger partial charge in [-0.15, -0.1) is 6.58 Å². The number of hydrogen-bond donors (Lipinski definition) is 0. The third kappa shape index (κ3) is 3.96. The number of pyridine rings is 1. The molecule has 2 aromatic heterocycles. The maximum absolute atomic E-state index is 5.37. The minimum Gasteiger partial charge on any atom is -0.481 e. The Morgan fingerprint density at radius 2 is 2.26 bits per heavy atom. The molecule has 0 fully saturated rings. The van der Waals surface area contributed by atoms with Crippen LogP contribution in [0.5, 0.6) is 5.88 Å². The van der Waals surface area contributed by atoms with Gasteiger partial charge in [-0.3, -0.25) is 4.90 Å². The number of hydrogen-bond acceptors (Lipinski definition) is 4. The van der Waals surface area contributed by atoms with E-state index < -0.39 is 0 Å². The van der Waals surface area contributed by atoms with Crippen molar-refractivity contribution in [2.24, 2.45) is 0 Å². The SMILES string of the molecule is C=CCN(Cc1ccc(OC)nc1)Cc1ccco1. The van der Waals surface area contributed by atoms with E-state index >= 15 is 0 Å². The van der Waals surface area contributed by atoms with Gasteiger partial charge < -0.3 is 9.15 Å². The van der Waals surface area contributed by atoms with Crippen LogP contribution < -0.4 is 4.74 Å². The second-order valence-electron chi connectivity index (χ2n) is 4.25. The van der Waals surface area contributed by atoms with Crippen LogP contribution in [0.1, 0.15) is 11.3 Å². The quantitative estimate of drug-likeness (QED) is 0.716. The smallest absolute Gasteiger partial charge is 0.212 e. The summed E-state index contributed by atoms with van der Waals surface area (Å²) in [6, 6.07) is 7.76. The second-order valence-corrected chi connectivity index (χ2v) is 4.25. The summed E-state index contributed by atoms with van der Waals surface area (Å²) in [5.74, 6) is 1.58. The molecule has 0 saturated heterocycles. The molecule has 4 nitrogen and oxygen atoms in total. The predicted molar refractivity (Wildman–Crippen MR) is 73.8 cm³/mol. The molecule has 2 aromatic rings. The largest absolute Gasteiger partial charge is 0.481 e. The van der Waals surface area contributed by atoms with Gasteiger partial charge in [0.25, 0.3) is 0 Å². The standard InChI is InChI=1S/C15H18N2O2/c1-3-8-17(12-14-5-4-9-19-14)11-13-6-7-15(18-2)16-10-13/h3-7,9-10H,1,8,11-12H2,2H3. The monoisotopic (exact) mass is 258 g/mol. The van der Waals surface area contributed by atoms with E-state index in [-0.39, 0.29) is 0 Å². The summed E-state index contributed by atoms with van der Waals surface area (Å²) in [7, 11) is 1.61. The highest BCUT2D eigenvalue weighted by atomic mass is 16.5. The van der Waals surface area contributed by atoms with Crippen LogP contribution in [-0.4, -0.2) is 23.5 Å². The van der Waals surface area contributed by atoms with Gasteiger partial charge in [0.05, 0.1) is 19.9 Å². The van der Waals surface area contributed by atoms with Crippen LogP contribution in [0.3, 0.4) is 0 Å². The van der Waals surface area contributed by atoms with Crippen molar-refractivity contribution >= 4 is 0 Å². The van der Waals surface area contributed by atoms with E-state index in [1.165, 1.54) is 0 Å². The van der Waals surface area contributed by atoms with Gasteiger partial charge in [-0.05, 0) is 17.7 Å². The van der Waals surface area contributed by atoms with Crippen molar-refractivity contribution in [3.05, 3.63) is 60.7 Å². The van der Waals surface area contributed by atoms with Crippen molar-refractivity contribution in [3.63, 3.8) is 0 Å². The minimum atomic E-state index is 0.630. The molecule has 0 N–H and O–H groups in total. The van der Waals surface area contributed by atoms with Crippen LogP contribution in [0, 0.1) is 0 Å². The van der Waals surface area contributed by atoms with Gasteiger partial charge in [-0.2, -0.15) is 0 Å². The van der Waals surface area contributed by atoms with Crippen molar-refractivity contribution in [2.45, 2.75) is 13.1 Å². The molecule has 0 aliphatic heterocycles. The van der Waals surface area contributed by atoms with Gasteiger partial charge in [0.2, 0.25) is 5.88 Å². The highest BCUT2D eigenvalue weighted by Gasteiger charge is 2.07. The zero-order chi connectivity index (χ0) is 13.5. The molecule has 100 valence electrons. The molecule has 0 bridgehead atoms. The fraction of sp³-hybridized carbons (Fsp3) is 0.267. The topological polar surface area (TPSA) is 38.5 Å². The highest BCUT2D eigenvalue weighted by Crippen LogP contribution is 2.12. The molecule has 0 spiro atoms. The van der Waals surface area contributed by atoms with Crippen LogP contribution in [0.4, 0.5) is 0 Å². The minimum absolute atomic E-state index is 0.630. The molecule has 0 atom stereocenters. The molecule has 0 saturated carbocycles. The predicted octanol–water partition coefficient (Wildman–Crippen LogP) is 2.87. The van der Waals surface area contributed by atoms with E-state index in [1.54, 1.807) is 13.4 Å². The fourth-order valence-electron chi connectivity index (χ4n) is 1.87. The van der Waals surface area contributed by atoms with Crippen LogP contribution in [0.15, 0.2) is 53.8 Å². The molecule has 2 rings (SSSR count). The molecule has 0 aliphatic carbocycles. The number of ether oxygens (including phenoxy) is 1. The first-order valence-corrected chi connectivity index (χ1v) is 6.16. The Labute approximate surface area is 113 Å². The first-order valence-electron chi connectivity index (χ1n) is 6.16. The molecule has 0 unspecified atom stereocenters. The number of nitrogens with zero attached hydrogens (tertiary/aromatic N) is 2. The van der Waals surface area contributed by atoms with Gasteiger partial charge in [0.15, 0.2) is 0 Å². The molecule has 0 aromatic carbocycles.